The number of imidazole rings is 1. The van der Waals surface area contributed by atoms with E-state index in [1.165, 1.54) is 12.1 Å². The van der Waals surface area contributed by atoms with Crippen LogP contribution in [0.1, 0.15) is 5.56 Å². The Morgan fingerprint density at radius 2 is 1.74 bits per heavy atom. The van der Waals surface area contributed by atoms with Gasteiger partial charge in [-0.3, -0.25) is 0 Å². The molecular weight excluding hydrogens is 323 g/mol. The molecule has 2 N–H and O–H groups in total. The molecule has 0 aliphatic rings. The van der Waals surface area contributed by atoms with E-state index in [1.807, 2.05) is 24.3 Å². The van der Waals surface area contributed by atoms with Gasteiger partial charge in [-0.05, 0) is 24.3 Å². The minimum Gasteiger partial charge on any atom is -0.392 e. The van der Waals surface area contributed by atoms with Crippen LogP contribution in [0.2, 0.25) is 0 Å². The Labute approximate surface area is 135 Å². The van der Waals surface area contributed by atoms with Crippen molar-refractivity contribution >= 4 is 28.2 Å². The molecule has 0 saturated heterocycles. The largest absolute Gasteiger partial charge is 0.416 e. The molecule has 23 heavy (non-hydrogen) atoms. The lowest BCUT2D eigenvalue weighted by atomic mass is 10.1. The second-order valence-corrected chi connectivity index (χ2v) is 5.58. The summed E-state index contributed by atoms with van der Waals surface area (Å²) in [5.74, 6) is 0.535. The minimum atomic E-state index is -4.36. The van der Waals surface area contributed by atoms with Crippen LogP contribution in [-0.2, 0) is 12.7 Å². The van der Waals surface area contributed by atoms with Gasteiger partial charge in [-0.2, -0.15) is 13.2 Å². The van der Waals surface area contributed by atoms with Crippen molar-refractivity contribution in [2.24, 2.45) is 5.73 Å². The molecule has 0 spiro atoms. The summed E-state index contributed by atoms with van der Waals surface area (Å²) < 4.78 is 39.9. The standard InChI is InChI=1S/C16H12F3N3S/c17-16(18,19)11-7-5-10(6-8-11)15-21-12-3-1-2-4-13(12)22(15)9-14(20)23/h1-8H,9H2,(H2,20,23). The monoisotopic (exact) mass is 335 g/mol. The van der Waals surface area contributed by atoms with Gasteiger partial charge in [0.2, 0.25) is 0 Å². The van der Waals surface area contributed by atoms with Crippen LogP contribution in [0.25, 0.3) is 22.4 Å². The van der Waals surface area contributed by atoms with Gasteiger partial charge in [0, 0.05) is 5.56 Å². The summed E-state index contributed by atoms with van der Waals surface area (Å²) in [5, 5.41) is 0. The topological polar surface area (TPSA) is 43.8 Å². The summed E-state index contributed by atoms with van der Waals surface area (Å²) in [7, 11) is 0. The molecule has 0 saturated carbocycles. The molecule has 0 fully saturated rings. The zero-order valence-electron chi connectivity index (χ0n) is 11.8. The zero-order chi connectivity index (χ0) is 16.6. The normalized spacial score (nSPS) is 11.8. The van der Waals surface area contributed by atoms with Crippen LogP contribution >= 0.6 is 12.2 Å². The number of hydrogen-bond donors (Lipinski definition) is 1. The number of para-hydroxylation sites is 2. The van der Waals surface area contributed by atoms with Gasteiger partial charge >= 0.3 is 6.18 Å². The van der Waals surface area contributed by atoms with Crippen LogP contribution in [-0.4, -0.2) is 14.5 Å². The van der Waals surface area contributed by atoms with Crippen LogP contribution in [0.5, 0.6) is 0 Å². The Morgan fingerprint density at radius 3 is 2.35 bits per heavy atom. The lowest BCUT2D eigenvalue weighted by Crippen LogP contribution is -2.17. The van der Waals surface area contributed by atoms with Crippen molar-refractivity contribution in [2.75, 3.05) is 0 Å². The van der Waals surface area contributed by atoms with Crippen molar-refractivity contribution in [1.82, 2.24) is 9.55 Å². The molecule has 3 rings (SSSR count). The van der Waals surface area contributed by atoms with Crippen molar-refractivity contribution in [3.63, 3.8) is 0 Å². The second kappa shape index (κ2) is 5.66. The molecule has 0 radical (unpaired) electrons. The number of alkyl halides is 3. The number of nitrogens with zero attached hydrogens (tertiary/aromatic N) is 2. The summed E-state index contributed by atoms with van der Waals surface area (Å²) in [4.78, 5) is 4.77. The number of aromatic nitrogens is 2. The van der Waals surface area contributed by atoms with Crippen LogP contribution in [0.15, 0.2) is 48.5 Å². The van der Waals surface area contributed by atoms with Gasteiger partial charge < -0.3 is 10.3 Å². The summed E-state index contributed by atoms with van der Waals surface area (Å²) in [6, 6.07) is 12.3. The number of halogens is 3. The Hall–Kier alpha value is -2.41. The van der Waals surface area contributed by atoms with Crippen LogP contribution in [0.4, 0.5) is 13.2 Å². The fourth-order valence-corrected chi connectivity index (χ4v) is 2.55. The second-order valence-electron chi connectivity index (χ2n) is 5.05. The molecule has 0 amide bonds. The number of benzene rings is 2. The number of fused-ring (bicyclic) bond motifs is 1. The molecule has 0 unspecified atom stereocenters. The van der Waals surface area contributed by atoms with Crippen LogP contribution in [0.3, 0.4) is 0 Å². The Balaban J connectivity index is 2.13. The maximum absolute atomic E-state index is 12.7. The van der Waals surface area contributed by atoms with E-state index in [-0.39, 0.29) is 11.5 Å². The fraction of sp³-hybridized carbons (Fsp3) is 0.125. The third kappa shape index (κ3) is 3.05. The number of rotatable bonds is 3. The first kappa shape index (κ1) is 15.5. The van der Waals surface area contributed by atoms with E-state index in [2.05, 4.69) is 4.98 Å². The van der Waals surface area contributed by atoms with Crippen molar-refractivity contribution < 1.29 is 13.2 Å². The van der Waals surface area contributed by atoms with Gasteiger partial charge in [-0.1, -0.05) is 36.5 Å². The average Bonchev–Trinajstić information content (AvgIpc) is 2.85. The molecule has 0 atom stereocenters. The third-order valence-electron chi connectivity index (χ3n) is 3.44. The molecular formula is C16H12F3N3S. The van der Waals surface area contributed by atoms with E-state index in [4.69, 9.17) is 18.0 Å². The van der Waals surface area contributed by atoms with Gasteiger partial charge in [0.1, 0.15) is 5.82 Å². The van der Waals surface area contributed by atoms with E-state index in [1.54, 1.807) is 4.57 Å². The SMILES string of the molecule is NC(=S)Cn1c(-c2ccc(C(F)(F)F)cc2)nc2ccccc21. The van der Waals surface area contributed by atoms with Crippen LogP contribution in [0, 0.1) is 0 Å². The highest BCUT2D eigenvalue weighted by molar-refractivity contribution is 7.80. The lowest BCUT2D eigenvalue weighted by molar-refractivity contribution is -0.137. The molecule has 0 aliphatic heterocycles. The van der Waals surface area contributed by atoms with E-state index < -0.39 is 11.7 Å². The predicted octanol–water partition coefficient (Wildman–Crippen LogP) is 4.01. The third-order valence-corrected chi connectivity index (χ3v) is 3.57. The first-order valence-corrected chi connectivity index (χ1v) is 7.18. The van der Waals surface area contributed by atoms with Crippen molar-refractivity contribution in [3.05, 3.63) is 54.1 Å². The first-order valence-electron chi connectivity index (χ1n) is 6.77. The van der Waals surface area contributed by atoms with Crippen molar-refractivity contribution in [1.29, 1.82) is 0 Å². The minimum absolute atomic E-state index is 0.270. The lowest BCUT2D eigenvalue weighted by Gasteiger charge is -2.10. The zero-order valence-corrected chi connectivity index (χ0v) is 12.7. The highest BCUT2D eigenvalue weighted by atomic mass is 32.1. The maximum Gasteiger partial charge on any atom is 0.416 e. The fourth-order valence-electron chi connectivity index (χ4n) is 2.42. The van der Waals surface area contributed by atoms with E-state index in [0.717, 1.165) is 23.2 Å². The van der Waals surface area contributed by atoms with Gasteiger partial charge in [-0.25, -0.2) is 4.98 Å². The van der Waals surface area contributed by atoms with Crippen molar-refractivity contribution in [2.45, 2.75) is 12.7 Å². The Bertz CT molecular complexity index is 866. The molecule has 2 aromatic carbocycles. The van der Waals surface area contributed by atoms with E-state index >= 15 is 0 Å². The Kier molecular flexibility index (Phi) is 3.81. The smallest absolute Gasteiger partial charge is 0.392 e. The van der Waals surface area contributed by atoms with Crippen molar-refractivity contribution in [3.8, 4) is 11.4 Å². The van der Waals surface area contributed by atoms with Gasteiger partial charge in [0.05, 0.1) is 28.1 Å². The van der Waals surface area contributed by atoms with Gasteiger partial charge in [0.15, 0.2) is 0 Å². The number of thiocarbonyl (C=S) groups is 1. The number of nitrogens with two attached hydrogens (primary N) is 1. The highest BCUT2D eigenvalue weighted by Crippen LogP contribution is 2.31. The summed E-state index contributed by atoms with van der Waals surface area (Å²) in [6.45, 7) is 0.270. The molecule has 1 aromatic heterocycles. The highest BCUT2D eigenvalue weighted by Gasteiger charge is 2.30. The molecule has 3 aromatic rings. The van der Waals surface area contributed by atoms with E-state index in [9.17, 15) is 13.2 Å². The average molecular weight is 335 g/mol. The predicted molar refractivity (Wildman–Crippen MR) is 87.0 cm³/mol. The Morgan fingerprint density at radius 1 is 1.09 bits per heavy atom. The molecule has 7 heteroatoms. The molecule has 3 nitrogen and oxygen atoms in total. The molecule has 1 heterocycles. The quantitative estimate of drug-likeness (QED) is 0.736. The molecule has 0 aliphatic carbocycles. The summed E-state index contributed by atoms with van der Waals surface area (Å²) >= 11 is 4.97. The summed E-state index contributed by atoms with van der Waals surface area (Å²) in [6.07, 6.45) is -4.36. The molecule has 118 valence electrons. The number of hydrogen-bond acceptors (Lipinski definition) is 2. The molecule has 0 bridgehead atoms. The first-order chi connectivity index (χ1) is 10.9. The van der Waals surface area contributed by atoms with Gasteiger partial charge in [0.25, 0.3) is 0 Å². The maximum atomic E-state index is 12.7. The van der Waals surface area contributed by atoms with E-state index in [0.29, 0.717) is 11.4 Å². The van der Waals surface area contributed by atoms with Gasteiger partial charge in [-0.15, -0.1) is 0 Å². The summed E-state index contributed by atoms with van der Waals surface area (Å²) in [5.41, 5.74) is 7.08. The van der Waals surface area contributed by atoms with Crippen LogP contribution < -0.4 is 5.73 Å².